The van der Waals surface area contributed by atoms with Crippen molar-refractivity contribution >= 4 is 45.8 Å². The van der Waals surface area contributed by atoms with Crippen LogP contribution in [0.5, 0.6) is 0 Å². The summed E-state index contributed by atoms with van der Waals surface area (Å²) in [6.45, 7) is 0. The van der Waals surface area contributed by atoms with Gasteiger partial charge in [0.1, 0.15) is 5.82 Å². The summed E-state index contributed by atoms with van der Waals surface area (Å²) < 4.78 is 2.21. The summed E-state index contributed by atoms with van der Waals surface area (Å²) in [4.78, 5) is 8.75. The first-order valence-electron chi connectivity index (χ1n) is 6.62. The number of pyridine rings is 1. The van der Waals surface area contributed by atoms with E-state index in [1.54, 1.807) is 18.5 Å². The van der Waals surface area contributed by atoms with Crippen molar-refractivity contribution in [2.24, 2.45) is 0 Å². The third-order valence-corrected chi connectivity index (χ3v) is 4.68. The van der Waals surface area contributed by atoms with Gasteiger partial charge in [0.05, 0.1) is 26.1 Å². The molecule has 21 heavy (non-hydrogen) atoms. The predicted octanol–water partition coefficient (Wildman–Crippen LogP) is 5.39. The van der Waals surface area contributed by atoms with Crippen molar-refractivity contribution < 1.29 is 0 Å². The molecule has 2 aromatic heterocycles. The molecule has 1 aromatic carbocycles. The lowest BCUT2D eigenvalue weighted by Crippen LogP contribution is -1.98. The third-order valence-electron chi connectivity index (χ3n) is 3.66. The number of hydrogen-bond acceptors (Lipinski definition) is 2. The Morgan fingerprint density at radius 2 is 1.81 bits per heavy atom. The van der Waals surface area contributed by atoms with Crippen molar-refractivity contribution in [1.29, 1.82) is 0 Å². The number of aromatic nitrogens is 3. The van der Waals surface area contributed by atoms with E-state index < -0.39 is 0 Å². The third kappa shape index (κ3) is 2.20. The zero-order valence-electron chi connectivity index (χ0n) is 10.9. The quantitative estimate of drug-likeness (QED) is 0.627. The van der Waals surface area contributed by atoms with Gasteiger partial charge in [-0.25, -0.2) is 4.98 Å². The minimum atomic E-state index is 0.450. The van der Waals surface area contributed by atoms with Gasteiger partial charge >= 0.3 is 0 Å². The normalized spacial score (nSPS) is 14.8. The largest absolute Gasteiger partial charge is 0.321 e. The smallest absolute Gasteiger partial charge is 0.143 e. The molecule has 1 aliphatic carbocycles. The van der Waals surface area contributed by atoms with Gasteiger partial charge in [-0.3, -0.25) is 4.98 Å². The predicted molar refractivity (Wildman–Crippen MR) is 86.3 cm³/mol. The van der Waals surface area contributed by atoms with E-state index in [9.17, 15) is 0 Å². The SMILES string of the molecule is Clc1cc2nc(-c3ccncc3Cl)n(C3CC3)c2cc1Cl. The van der Waals surface area contributed by atoms with Crippen LogP contribution in [-0.4, -0.2) is 14.5 Å². The van der Waals surface area contributed by atoms with Gasteiger partial charge in [-0.05, 0) is 31.0 Å². The van der Waals surface area contributed by atoms with E-state index in [-0.39, 0.29) is 0 Å². The molecule has 0 atom stereocenters. The van der Waals surface area contributed by atoms with Crippen molar-refractivity contribution in [3.05, 3.63) is 45.7 Å². The molecule has 106 valence electrons. The Hall–Kier alpha value is -1.29. The fraction of sp³-hybridized carbons (Fsp3) is 0.200. The molecule has 2 heterocycles. The molecule has 3 nitrogen and oxygen atoms in total. The lowest BCUT2D eigenvalue weighted by molar-refractivity contribution is 0.775. The minimum Gasteiger partial charge on any atom is -0.321 e. The maximum absolute atomic E-state index is 6.28. The molecule has 0 saturated heterocycles. The van der Waals surface area contributed by atoms with Crippen LogP contribution in [-0.2, 0) is 0 Å². The van der Waals surface area contributed by atoms with Gasteiger partial charge in [-0.1, -0.05) is 34.8 Å². The standard InChI is InChI=1S/C15H10Cl3N3/c16-10-5-13-14(6-11(10)17)21(8-1-2-8)15(20-13)9-3-4-19-7-12(9)18/h3-8H,1-2H2. The van der Waals surface area contributed by atoms with Crippen molar-refractivity contribution in [3.8, 4) is 11.4 Å². The number of halogens is 3. The van der Waals surface area contributed by atoms with Crippen LogP contribution in [0.25, 0.3) is 22.4 Å². The summed E-state index contributed by atoms with van der Waals surface area (Å²) in [5.74, 6) is 0.846. The molecular formula is C15H10Cl3N3. The number of imidazole rings is 1. The van der Waals surface area contributed by atoms with Crippen molar-refractivity contribution in [3.63, 3.8) is 0 Å². The van der Waals surface area contributed by atoms with Gasteiger partial charge in [0.25, 0.3) is 0 Å². The van der Waals surface area contributed by atoms with Crippen LogP contribution in [0.4, 0.5) is 0 Å². The fourth-order valence-corrected chi connectivity index (χ4v) is 3.06. The monoisotopic (exact) mass is 337 g/mol. The summed E-state index contributed by atoms with van der Waals surface area (Å²) in [7, 11) is 0. The molecule has 0 N–H and O–H groups in total. The highest BCUT2D eigenvalue weighted by Gasteiger charge is 2.29. The Labute approximate surface area is 136 Å². The minimum absolute atomic E-state index is 0.450. The van der Waals surface area contributed by atoms with Crippen LogP contribution < -0.4 is 0 Å². The van der Waals surface area contributed by atoms with Crippen LogP contribution in [0.3, 0.4) is 0 Å². The van der Waals surface area contributed by atoms with Gasteiger partial charge in [0.15, 0.2) is 0 Å². The molecule has 1 fully saturated rings. The topological polar surface area (TPSA) is 30.7 Å². The highest BCUT2D eigenvalue weighted by Crippen LogP contribution is 2.43. The highest BCUT2D eigenvalue weighted by atomic mass is 35.5. The Balaban J connectivity index is 2.05. The van der Waals surface area contributed by atoms with E-state index in [1.165, 1.54) is 0 Å². The molecular weight excluding hydrogens is 329 g/mol. The van der Waals surface area contributed by atoms with Gasteiger partial charge in [0, 0.05) is 24.0 Å². The van der Waals surface area contributed by atoms with Crippen molar-refractivity contribution in [1.82, 2.24) is 14.5 Å². The van der Waals surface area contributed by atoms with E-state index in [2.05, 4.69) is 9.55 Å². The summed E-state index contributed by atoms with van der Waals surface area (Å²) in [6, 6.07) is 6.01. The first-order chi connectivity index (χ1) is 10.1. The number of fused-ring (bicyclic) bond motifs is 1. The highest BCUT2D eigenvalue weighted by molar-refractivity contribution is 6.42. The number of benzene rings is 1. The molecule has 6 heteroatoms. The Morgan fingerprint density at radius 3 is 2.52 bits per heavy atom. The zero-order valence-corrected chi connectivity index (χ0v) is 13.1. The Kier molecular flexibility index (Phi) is 3.10. The van der Waals surface area contributed by atoms with E-state index in [1.807, 2.05) is 12.1 Å². The Bertz CT molecular complexity index is 853. The van der Waals surface area contributed by atoms with E-state index in [0.717, 1.165) is 35.3 Å². The zero-order chi connectivity index (χ0) is 14.6. The second-order valence-electron chi connectivity index (χ2n) is 5.15. The van der Waals surface area contributed by atoms with Gasteiger partial charge in [-0.2, -0.15) is 0 Å². The summed E-state index contributed by atoms with van der Waals surface area (Å²) in [6.07, 6.45) is 5.63. The maximum Gasteiger partial charge on any atom is 0.143 e. The average molecular weight is 339 g/mol. The molecule has 0 unspecified atom stereocenters. The van der Waals surface area contributed by atoms with Gasteiger partial charge < -0.3 is 4.57 Å². The van der Waals surface area contributed by atoms with Crippen molar-refractivity contribution in [2.75, 3.05) is 0 Å². The molecule has 3 aromatic rings. The summed E-state index contributed by atoms with van der Waals surface area (Å²) >= 11 is 18.5. The Morgan fingerprint density at radius 1 is 1.05 bits per heavy atom. The second kappa shape index (κ2) is 4.87. The molecule has 0 aliphatic heterocycles. The van der Waals surface area contributed by atoms with E-state index in [4.69, 9.17) is 39.8 Å². The number of nitrogens with zero attached hydrogens (tertiary/aromatic N) is 3. The summed E-state index contributed by atoms with van der Waals surface area (Å²) in [5, 5.41) is 1.64. The lowest BCUT2D eigenvalue weighted by Gasteiger charge is -2.09. The molecule has 0 spiro atoms. The molecule has 4 rings (SSSR count). The molecule has 0 radical (unpaired) electrons. The van der Waals surface area contributed by atoms with E-state index >= 15 is 0 Å². The van der Waals surface area contributed by atoms with Crippen LogP contribution >= 0.6 is 34.8 Å². The van der Waals surface area contributed by atoms with Crippen LogP contribution in [0.1, 0.15) is 18.9 Å². The molecule has 1 aliphatic rings. The molecule has 1 saturated carbocycles. The maximum atomic E-state index is 6.28. The number of rotatable bonds is 2. The van der Waals surface area contributed by atoms with Crippen molar-refractivity contribution in [2.45, 2.75) is 18.9 Å². The average Bonchev–Trinajstić information content (AvgIpc) is 3.23. The van der Waals surface area contributed by atoms with Crippen LogP contribution in [0.2, 0.25) is 15.1 Å². The fourth-order valence-electron chi connectivity index (χ4n) is 2.54. The first kappa shape index (κ1) is 13.4. The van der Waals surface area contributed by atoms with E-state index in [0.29, 0.717) is 21.1 Å². The lowest BCUT2D eigenvalue weighted by atomic mass is 10.2. The molecule has 0 bridgehead atoms. The van der Waals surface area contributed by atoms with Gasteiger partial charge in [-0.15, -0.1) is 0 Å². The first-order valence-corrected chi connectivity index (χ1v) is 7.75. The summed E-state index contributed by atoms with van der Waals surface area (Å²) in [5.41, 5.74) is 2.70. The number of hydrogen-bond donors (Lipinski definition) is 0. The second-order valence-corrected chi connectivity index (χ2v) is 6.37. The van der Waals surface area contributed by atoms with Crippen LogP contribution in [0, 0.1) is 0 Å². The van der Waals surface area contributed by atoms with Crippen LogP contribution in [0.15, 0.2) is 30.6 Å². The molecule has 0 amide bonds. The van der Waals surface area contributed by atoms with Gasteiger partial charge in [0.2, 0.25) is 0 Å².